The molecule has 1 heterocycles. The van der Waals surface area contributed by atoms with Gasteiger partial charge in [0.1, 0.15) is 11.7 Å². The van der Waals surface area contributed by atoms with E-state index in [1.54, 1.807) is 6.20 Å². The fourth-order valence-corrected chi connectivity index (χ4v) is 1.62. The number of aromatic nitrogens is 3. The second-order valence-electron chi connectivity index (χ2n) is 4.04. The van der Waals surface area contributed by atoms with Crippen molar-refractivity contribution in [2.75, 3.05) is 11.4 Å². The standard InChI is InChI=1S/C10H20N6O/c1-4-16-10(7-12-14-16)15(8(2)3)6-5-9(11)13-17/h7-8,17H,4-6H2,1-3H3,(H2,11,13). The summed E-state index contributed by atoms with van der Waals surface area (Å²) in [7, 11) is 0. The van der Waals surface area contributed by atoms with Gasteiger partial charge in [0.15, 0.2) is 0 Å². The molecule has 0 aliphatic carbocycles. The van der Waals surface area contributed by atoms with Crippen LogP contribution in [0.3, 0.4) is 0 Å². The molecule has 1 aromatic rings. The summed E-state index contributed by atoms with van der Waals surface area (Å²) in [5.74, 6) is 1.18. The zero-order chi connectivity index (χ0) is 12.8. The molecule has 0 unspecified atom stereocenters. The van der Waals surface area contributed by atoms with Crippen LogP contribution < -0.4 is 10.6 Å². The molecule has 0 spiro atoms. The van der Waals surface area contributed by atoms with Crippen LogP contribution in [0.5, 0.6) is 0 Å². The van der Waals surface area contributed by atoms with Gasteiger partial charge in [0.2, 0.25) is 0 Å². The SMILES string of the molecule is CCn1nncc1N(CC/C(N)=N/O)C(C)C. The highest BCUT2D eigenvalue weighted by Crippen LogP contribution is 2.15. The largest absolute Gasteiger partial charge is 0.409 e. The predicted octanol–water partition coefficient (Wildman–Crippen LogP) is 0.649. The minimum absolute atomic E-state index is 0.228. The van der Waals surface area contributed by atoms with E-state index in [1.807, 2.05) is 11.6 Å². The lowest BCUT2D eigenvalue weighted by Gasteiger charge is -2.28. The smallest absolute Gasteiger partial charge is 0.147 e. The molecule has 17 heavy (non-hydrogen) atoms. The normalized spacial score (nSPS) is 12.1. The van der Waals surface area contributed by atoms with E-state index in [0.29, 0.717) is 19.0 Å². The maximum atomic E-state index is 8.53. The monoisotopic (exact) mass is 240 g/mol. The van der Waals surface area contributed by atoms with Crippen LogP contribution in [0, 0.1) is 0 Å². The first-order chi connectivity index (χ1) is 8.10. The summed E-state index contributed by atoms with van der Waals surface area (Å²) in [6, 6.07) is 0.297. The van der Waals surface area contributed by atoms with Crippen molar-refractivity contribution in [3.05, 3.63) is 6.20 Å². The first-order valence-electron chi connectivity index (χ1n) is 5.71. The number of rotatable bonds is 6. The third-order valence-corrected chi connectivity index (χ3v) is 2.55. The lowest BCUT2D eigenvalue weighted by molar-refractivity contribution is 0.317. The van der Waals surface area contributed by atoms with Crippen molar-refractivity contribution >= 4 is 11.7 Å². The Hall–Kier alpha value is -1.79. The molecule has 0 aliphatic heterocycles. The van der Waals surface area contributed by atoms with Crippen LogP contribution in [0.25, 0.3) is 0 Å². The maximum absolute atomic E-state index is 8.53. The van der Waals surface area contributed by atoms with Crippen molar-refractivity contribution in [1.82, 2.24) is 15.0 Å². The Labute approximate surface area is 101 Å². The summed E-state index contributed by atoms with van der Waals surface area (Å²) in [5, 5.41) is 19.4. The molecule has 0 saturated heterocycles. The van der Waals surface area contributed by atoms with Crippen molar-refractivity contribution in [1.29, 1.82) is 0 Å². The van der Waals surface area contributed by atoms with Gasteiger partial charge in [0.25, 0.3) is 0 Å². The fraction of sp³-hybridized carbons (Fsp3) is 0.700. The number of hydrogen-bond donors (Lipinski definition) is 2. The predicted molar refractivity (Wildman–Crippen MR) is 66.2 cm³/mol. The van der Waals surface area contributed by atoms with E-state index in [9.17, 15) is 0 Å². The van der Waals surface area contributed by atoms with Gasteiger partial charge >= 0.3 is 0 Å². The molecule has 0 radical (unpaired) electrons. The molecule has 96 valence electrons. The topological polar surface area (TPSA) is 92.6 Å². The molecule has 0 saturated carbocycles. The second kappa shape index (κ2) is 6.07. The molecular formula is C10H20N6O. The van der Waals surface area contributed by atoms with Gasteiger partial charge in [-0.2, -0.15) is 0 Å². The molecule has 0 aliphatic rings. The molecule has 3 N–H and O–H groups in total. The van der Waals surface area contributed by atoms with Gasteiger partial charge in [0, 0.05) is 25.6 Å². The Morgan fingerprint density at radius 3 is 2.88 bits per heavy atom. The first kappa shape index (κ1) is 13.3. The maximum Gasteiger partial charge on any atom is 0.147 e. The summed E-state index contributed by atoms with van der Waals surface area (Å²) in [5.41, 5.74) is 5.48. The van der Waals surface area contributed by atoms with Crippen LogP contribution in [0.1, 0.15) is 27.2 Å². The molecule has 7 heteroatoms. The lowest BCUT2D eigenvalue weighted by Crippen LogP contribution is -2.35. The zero-order valence-electron chi connectivity index (χ0n) is 10.5. The van der Waals surface area contributed by atoms with Crippen LogP contribution in [0.2, 0.25) is 0 Å². The van der Waals surface area contributed by atoms with Gasteiger partial charge in [-0.25, -0.2) is 4.68 Å². The summed E-state index contributed by atoms with van der Waals surface area (Å²) in [6.07, 6.45) is 2.24. The van der Waals surface area contributed by atoms with E-state index in [4.69, 9.17) is 10.9 Å². The minimum atomic E-state index is 0.228. The Bertz CT molecular complexity index is 373. The van der Waals surface area contributed by atoms with E-state index < -0.39 is 0 Å². The van der Waals surface area contributed by atoms with Crippen molar-refractivity contribution in [2.24, 2.45) is 10.9 Å². The zero-order valence-corrected chi connectivity index (χ0v) is 10.5. The van der Waals surface area contributed by atoms with E-state index >= 15 is 0 Å². The second-order valence-corrected chi connectivity index (χ2v) is 4.04. The van der Waals surface area contributed by atoms with Crippen LogP contribution in [0.15, 0.2) is 11.4 Å². The van der Waals surface area contributed by atoms with Crippen LogP contribution in [-0.4, -0.2) is 38.6 Å². The molecule has 0 atom stereocenters. The van der Waals surface area contributed by atoms with Gasteiger partial charge < -0.3 is 15.8 Å². The first-order valence-corrected chi connectivity index (χ1v) is 5.71. The Morgan fingerprint density at radius 2 is 2.35 bits per heavy atom. The molecule has 1 rings (SSSR count). The van der Waals surface area contributed by atoms with E-state index in [2.05, 4.69) is 34.2 Å². The van der Waals surface area contributed by atoms with E-state index in [0.717, 1.165) is 12.4 Å². The third kappa shape index (κ3) is 3.33. The van der Waals surface area contributed by atoms with E-state index in [1.165, 1.54) is 0 Å². The molecule has 0 amide bonds. The van der Waals surface area contributed by atoms with Crippen LogP contribution in [-0.2, 0) is 6.54 Å². The summed E-state index contributed by atoms with van der Waals surface area (Å²) in [4.78, 5) is 2.13. The highest BCUT2D eigenvalue weighted by molar-refractivity contribution is 5.80. The van der Waals surface area contributed by atoms with Gasteiger partial charge in [-0.05, 0) is 20.8 Å². The van der Waals surface area contributed by atoms with Crippen molar-refractivity contribution in [2.45, 2.75) is 39.8 Å². The third-order valence-electron chi connectivity index (χ3n) is 2.55. The Morgan fingerprint density at radius 1 is 1.65 bits per heavy atom. The molecular weight excluding hydrogens is 220 g/mol. The molecule has 0 bridgehead atoms. The number of amidine groups is 1. The van der Waals surface area contributed by atoms with Crippen molar-refractivity contribution < 1.29 is 5.21 Å². The number of oxime groups is 1. The number of anilines is 1. The van der Waals surface area contributed by atoms with Gasteiger partial charge in [-0.15, -0.1) is 5.10 Å². The quantitative estimate of drug-likeness (QED) is 0.329. The molecule has 1 aromatic heterocycles. The summed E-state index contributed by atoms with van der Waals surface area (Å²) < 4.78 is 1.83. The highest BCUT2D eigenvalue weighted by atomic mass is 16.4. The Balaban J connectivity index is 2.79. The summed E-state index contributed by atoms with van der Waals surface area (Å²) >= 11 is 0. The highest BCUT2D eigenvalue weighted by Gasteiger charge is 2.15. The molecule has 0 aromatic carbocycles. The number of nitrogens with zero attached hydrogens (tertiary/aromatic N) is 5. The number of hydrogen-bond acceptors (Lipinski definition) is 5. The lowest BCUT2D eigenvalue weighted by atomic mass is 10.2. The minimum Gasteiger partial charge on any atom is -0.409 e. The average molecular weight is 240 g/mol. The van der Waals surface area contributed by atoms with Crippen molar-refractivity contribution in [3.63, 3.8) is 0 Å². The molecule has 0 fully saturated rings. The number of nitrogens with two attached hydrogens (primary N) is 1. The van der Waals surface area contributed by atoms with Crippen LogP contribution >= 0.6 is 0 Å². The number of aryl methyl sites for hydroxylation is 1. The van der Waals surface area contributed by atoms with Gasteiger partial charge in [-0.1, -0.05) is 10.4 Å². The fourth-order valence-electron chi connectivity index (χ4n) is 1.62. The summed E-state index contributed by atoms with van der Waals surface area (Å²) in [6.45, 7) is 7.61. The van der Waals surface area contributed by atoms with Crippen LogP contribution in [0.4, 0.5) is 5.82 Å². The van der Waals surface area contributed by atoms with Gasteiger partial charge in [-0.3, -0.25) is 0 Å². The van der Waals surface area contributed by atoms with E-state index in [-0.39, 0.29) is 5.84 Å². The van der Waals surface area contributed by atoms with Gasteiger partial charge in [0.05, 0.1) is 6.20 Å². The van der Waals surface area contributed by atoms with Crippen molar-refractivity contribution in [3.8, 4) is 0 Å². The molecule has 7 nitrogen and oxygen atoms in total. The Kier molecular flexibility index (Phi) is 4.74. The average Bonchev–Trinajstić information content (AvgIpc) is 2.76.